The first-order valence-electron chi connectivity index (χ1n) is 18.2. The Bertz CT molecular complexity index is 2610. The van der Waals surface area contributed by atoms with Gasteiger partial charge in [0.15, 0.2) is 5.65 Å². The minimum Gasteiger partial charge on any atom is -0.501 e. The monoisotopic (exact) mass is 881 g/mol. The minimum atomic E-state index is 0. The largest absolute Gasteiger partial charge is 0.501 e. The molecule has 0 bridgehead atoms. The molecule has 4 heterocycles. The number of aryl methyl sites for hydroxylation is 1. The third kappa shape index (κ3) is 7.03. The molecular formula is C48H40IrN4O-2. The van der Waals surface area contributed by atoms with Crippen molar-refractivity contribution in [1.82, 2.24) is 19.5 Å². The summed E-state index contributed by atoms with van der Waals surface area (Å²) in [6.45, 7) is 11.0. The number of aromatic nitrogens is 4. The zero-order valence-corrected chi connectivity index (χ0v) is 33.4. The topological polar surface area (TPSA) is 56.7 Å². The van der Waals surface area contributed by atoms with Crippen LogP contribution in [0.25, 0.3) is 72.6 Å². The van der Waals surface area contributed by atoms with E-state index < -0.39 is 0 Å². The first-order valence-corrected chi connectivity index (χ1v) is 18.2. The van der Waals surface area contributed by atoms with Gasteiger partial charge in [-0.15, -0.1) is 54.1 Å². The van der Waals surface area contributed by atoms with Crippen molar-refractivity contribution in [3.05, 3.63) is 169 Å². The number of hydrogen-bond donors (Lipinski definition) is 0. The molecule has 0 aliphatic carbocycles. The van der Waals surface area contributed by atoms with Gasteiger partial charge in [0.1, 0.15) is 5.58 Å². The van der Waals surface area contributed by atoms with Crippen LogP contribution < -0.4 is 0 Å². The molecule has 0 amide bonds. The van der Waals surface area contributed by atoms with Crippen LogP contribution in [0.15, 0.2) is 144 Å². The fraction of sp³-hybridized carbons (Fsp3) is 0.146. The van der Waals surface area contributed by atoms with Gasteiger partial charge in [-0.3, -0.25) is 4.98 Å². The summed E-state index contributed by atoms with van der Waals surface area (Å²) in [4.78, 5) is 14.3. The quantitative estimate of drug-likeness (QED) is 0.156. The van der Waals surface area contributed by atoms with Crippen LogP contribution in [0.3, 0.4) is 0 Å². The van der Waals surface area contributed by atoms with Gasteiger partial charge in [-0.05, 0) is 71.0 Å². The average Bonchev–Trinajstić information content (AvgIpc) is 3.77. The second kappa shape index (κ2) is 15.7. The number of pyridine rings is 2. The van der Waals surface area contributed by atoms with Crippen molar-refractivity contribution in [2.75, 3.05) is 0 Å². The molecule has 0 unspecified atom stereocenters. The van der Waals surface area contributed by atoms with E-state index in [0.29, 0.717) is 11.8 Å². The summed E-state index contributed by atoms with van der Waals surface area (Å²) in [7, 11) is 0. The van der Waals surface area contributed by atoms with E-state index in [1.807, 2.05) is 85.9 Å². The Labute approximate surface area is 330 Å². The van der Waals surface area contributed by atoms with Crippen molar-refractivity contribution in [2.45, 2.75) is 46.5 Å². The van der Waals surface area contributed by atoms with Crippen LogP contribution in [0.2, 0.25) is 0 Å². The Kier molecular flexibility index (Phi) is 10.7. The normalized spacial score (nSPS) is 11.2. The Hall–Kier alpha value is -5.68. The van der Waals surface area contributed by atoms with Crippen LogP contribution >= 0.6 is 0 Å². The fourth-order valence-corrected chi connectivity index (χ4v) is 7.02. The van der Waals surface area contributed by atoms with Gasteiger partial charge < -0.3 is 14.0 Å². The maximum atomic E-state index is 6.40. The number of nitrogens with zero attached hydrogens (tertiary/aromatic N) is 4. The van der Waals surface area contributed by atoms with Gasteiger partial charge in [-0.25, -0.2) is 4.98 Å². The van der Waals surface area contributed by atoms with Gasteiger partial charge in [-0.1, -0.05) is 111 Å². The molecule has 0 N–H and O–H groups in total. The van der Waals surface area contributed by atoms with Crippen LogP contribution in [-0.2, 0) is 20.1 Å². The summed E-state index contributed by atoms with van der Waals surface area (Å²) in [6.07, 6.45) is 1.85. The summed E-state index contributed by atoms with van der Waals surface area (Å²) in [5.74, 6) is 1.49. The van der Waals surface area contributed by atoms with E-state index in [2.05, 4.69) is 110 Å². The summed E-state index contributed by atoms with van der Waals surface area (Å²) in [5, 5.41) is 2.16. The zero-order valence-electron chi connectivity index (χ0n) is 31.0. The molecule has 5 aromatic carbocycles. The smallest absolute Gasteiger partial charge is 0.168 e. The first-order chi connectivity index (χ1) is 25.9. The average molecular weight is 881 g/mol. The number of rotatable bonds is 6. The molecule has 54 heavy (non-hydrogen) atoms. The molecule has 4 aromatic heterocycles. The summed E-state index contributed by atoms with van der Waals surface area (Å²) in [6, 6.07) is 52.0. The van der Waals surface area contributed by atoms with Gasteiger partial charge in [-0.2, -0.15) is 0 Å². The molecule has 6 heteroatoms. The molecule has 269 valence electrons. The maximum absolute atomic E-state index is 6.40. The van der Waals surface area contributed by atoms with Crippen LogP contribution in [0.1, 0.15) is 56.4 Å². The summed E-state index contributed by atoms with van der Waals surface area (Å²) < 4.78 is 8.68. The van der Waals surface area contributed by atoms with E-state index >= 15 is 0 Å². The van der Waals surface area contributed by atoms with Gasteiger partial charge in [0.05, 0.1) is 16.9 Å². The molecule has 0 aliphatic heterocycles. The number of hydrogen-bond acceptors (Lipinski definition) is 4. The van der Waals surface area contributed by atoms with Gasteiger partial charge in [0.25, 0.3) is 0 Å². The van der Waals surface area contributed by atoms with E-state index in [0.717, 1.165) is 61.4 Å². The van der Waals surface area contributed by atoms with E-state index in [9.17, 15) is 0 Å². The standard InChI is InChI=1S/C31H28N3O.C17H12N.Ir/c1-18(2)21-11-8-12-22(19(3)4)28(21)34-26-17-16-20(5)32-30(26)33-31(34)25-14-9-13-24-23-10-6-7-15-27(23)35-29(24)25;1-3-7-14(8-4-1)16-11-12-18-17(13-16)15-9-5-2-6-10-15;/h6-13,15-19H,1-5H3;1-9,11-13H;/q2*-1;. The van der Waals surface area contributed by atoms with Gasteiger partial charge in [0, 0.05) is 43.1 Å². The second-order valence-corrected chi connectivity index (χ2v) is 13.9. The molecule has 1 radical (unpaired) electrons. The Balaban J connectivity index is 0.000000200. The molecule has 0 saturated heterocycles. The van der Waals surface area contributed by atoms with Crippen LogP contribution in [0, 0.1) is 19.1 Å². The molecular weight excluding hydrogens is 841 g/mol. The van der Waals surface area contributed by atoms with Gasteiger partial charge >= 0.3 is 0 Å². The number of fused-ring (bicyclic) bond motifs is 4. The predicted octanol–water partition coefficient (Wildman–Crippen LogP) is 12.6. The number of imidazole rings is 1. The number of benzene rings is 5. The Morgan fingerprint density at radius 3 is 2.13 bits per heavy atom. The van der Waals surface area contributed by atoms with Crippen molar-refractivity contribution in [3.63, 3.8) is 0 Å². The van der Waals surface area contributed by atoms with Crippen LogP contribution in [0.4, 0.5) is 0 Å². The minimum absolute atomic E-state index is 0. The van der Waals surface area contributed by atoms with Crippen molar-refractivity contribution >= 4 is 33.1 Å². The molecule has 0 atom stereocenters. The fourth-order valence-electron chi connectivity index (χ4n) is 7.02. The molecule has 0 spiro atoms. The van der Waals surface area contributed by atoms with Gasteiger partial charge in [0.2, 0.25) is 0 Å². The Morgan fingerprint density at radius 2 is 1.39 bits per heavy atom. The molecule has 0 aliphatic rings. The van der Waals surface area contributed by atoms with Crippen molar-refractivity contribution in [2.24, 2.45) is 0 Å². The van der Waals surface area contributed by atoms with E-state index in [1.54, 1.807) is 0 Å². The molecule has 9 aromatic rings. The van der Waals surface area contributed by atoms with Crippen molar-refractivity contribution in [3.8, 4) is 39.5 Å². The Morgan fingerprint density at radius 1 is 0.648 bits per heavy atom. The molecule has 5 nitrogen and oxygen atoms in total. The maximum Gasteiger partial charge on any atom is 0.168 e. The van der Waals surface area contributed by atoms with E-state index in [-0.39, 0.29) is 20.1 Å². The third-order valence-corrected chi connectivity index (χ3v) is 9.64. The summed E-state index contributed by atoms with van der Waals surface area (Å²) in [5.41, 5.74) is 13.3. The van der Waals surface area contributed by atoms with E-state index in [4.69, 9.17) is 14.4 Å². The molecule has 0 saturated carbocycles. The first kappa shape index (κ1) is 36.7. The third-order valence-electron chi connectivity index (χ3n) is 9.64. The van der Waals surface area contributed by atoms with Crippen molar-refractivity contribution in [1.29, 1.82) is 0 Å². The van der Waals surface area contributed by atoms with E-state index in [1.165, 1.54) is 27.9 Å². The summed E-state index contributed by atoms with van der Waals surface area (Å²) >= 11 is 0. The number of furan rings is 1. The second-order valence-electron chi connectivity index (χ2n) is 13.9. The number of para-hydroxylation sites is 2. The zero-order chi connectivity index (χ0) is 36.5. The van der Waals surface area contributed by atoms with Crippen LogP contribution in [-0.4, -0.2) is 19.5 Å². The SMILES string of the molecule is Cc1ccc2c(n1)nc(-c1[c-]ccc3c1oc1ccccc13)n2-c1c(C(C)C)cccc1C(C)C.[Ir].[c-]1ccccc1-c1cc(-c2ccccc2)ccn1. The molecule has 9 rings (SSSR count). The van der Waals surface area contributed by atoms with Crippen molar-refractivity contribution < 1.29 is 24.5 Å². The van der Waals surface area contributed by atoms with Crippen LogP contribution in [0.5, 0.6) is 0 Å². The molecule has 0 fully saturated rings. The predicted molar refractivity (Wildman–Crippen MR) is 217 cm³/mol.